The lowest BCUT2D eigenvalue weighted by atomic mass is 9.88. The molecule has 0 radical (unpaired) electrons. The molecule has 2 heterocycles. The highest BCUT2D eigenvalue weighted by Crippen LogP contribution is 2.25. The number of rotatable bonds is 3. The van der Waals surface area contributed by atoms with Crippen molar-refractivity contribution < 1.29 is 4.79 Å². The van der Waals surface area contributed by atoms with Gasteiger partial charge >= 0.3 is 0 Å². The van der Waals surface area contributed by atoms with E-state index >= 15 is 0 Å². The largest absolute Gasteiger partial charge is 0.334 e. The van der Waals surface area contributed by atoms with Crippen molar-refractivity contribution in [3.05, 3.63) is 24.0 Å². The standard InChI is InChI=1S/C13H20N4O/c1-2-10-4-6-17(12(7-10)8-14)13(18)11-3-5-15-16-9-11/h3,5,9-10,12H,2,4,6-8,14H2,1H3. The minimum Gasteiger partial charge on any atom is -0.334 e. The van der Waals surface area contributed by atoms with Crippen LogP contribution < -0.4 is 5.73 Å². The summed E-state index contributed by atoms with van der Waals surface area (Å²) >= 11 is 0. The van der Waals surface area contributed by atoms with Gasteiger partial charge in [0.2, 0.25) is 0 Å². The van der Waals surface area contributed by atoms with Gasteiger partial charge in [0.15, 0.2) is 0 Å². The van der Waals surface area contributed by atoms with E-state index in [4.69, 9.17) is 5.73 Å². The van der Waals surface area contributed by atoms with Crippen LogP contribution >= 0.6 is 0 Å². The van der Waals surface area contributed by atoms with Gasteiger partial charge in [0, 0.05) is 19.1 Å². The maximum absolute atomic E-state index is 12.4. The molecule has 5 heteroatoms. The van der Waals surface area contributed by atoms with Crippen LogP contribution in [0.3, 0.4) is 0 Å². The van der Waals surface area contributed by atoms with Gasteiger partial charge in [0.1, 0.15) is 0 Å². The van der Waals surface area contributed by atoms with E-state index in [-0.39, 0.29) is 11.9 Å². The topological polar surface area (TPSA) is 72.1 Å². The van der Waals surface area contributed by atoms with Crippen molar-refractivity contribution in [3.8, 4) is 0 Å². The predicted octanol–water partition coefficient (Wildman–Crippen LogP) is 1.07. The lowest BCUT2D eigenvalue weighted by Gasteiger charge is -2.38. The Kier molecular flexibility index (Phi) is 4.25. The third kappa shape index (κ3) is 2.67. The Bertz CT molecular complexity index is 395. The fourth-order valence-electron chi connectivity index (χ4n) is 2.58. The van der Waals surface area contributed by atoms with Crippen LogP contribution in [0.5, 0.6) is 0 Å². The van der Waals surface area contributed by atoms with Gasteiger partial charge in [0.25, 0.3) is 5.91 Å². The quantitative estimate of drug-likeness (QED) is 0.868. The molecule has 1 aromatic heterocycles. The minimum atomic E-state index is 0.0231. The molecule has 0 spiro atoms. The van der Waals surface area contributed by atoms with Crippen LogP contribution in [-0.2, 0) is 0 Å². The second-order valence-electron chi connectivity index (χ2n) is 4.82. The van der Waals surface area contributed by atoms with E-state index in [2.05, 4.69) is 17.1 Å². The number of hydrogen-bond donors (Lipinski definition) is 1. The molecule has 98 valence electrons. The number of amides is 1. The zero-order chi connectivity index (χ0) is 13.0. The molecule has 1 saturated heterocycles. The molecule has 0 saturated carbocycles. The van der Waals surface area contributed by atoms with Gasteiger partial charge in [-0.25, -0.2) is 0 Å². The molecular weight excluding hydrogens is 228 g/mol. The number of nitrogens with two attached hydrogens (primary N) is 1. The molecule has 2 N–H and O–H groups in total. The zero-order valence-corrected chi connectivity index (χ0v) is 10.7. The normalized spacial score (nSPS) is 24.0. The van der Waals surface area contributed by atoms with Gasteiger partial charge in [-0.05, 0) is 24.8 Å². The van der Waals surface area contributed by atoms with E-state index in [1.807, 2.05) is 4.90 Å². The number of piperidine rings is 1. The van der Waals surface area contributed by atoms with Crippen molar-refractivity contribution in [1.29, 1.82) is 0 Å². The summed E-state index contributed by atoms with van der Waals surface area (Å²) in [5, 5.41) is 7.45. The zero-order valence-electron chi connectivity index (χ0n) is 10.7. The lowest BCUT2D eigenvalue weighted by Crippen LogP contribution is -2.49. The van der Waals surface area contributed by atoms with Crippen LogP contribution in [0.25, 0.3) is 0 Å². The molecule has 5 nitrogen and oxygen atoms in total. The number of nitrogens with zero attached hydrogens (tertiary/aromatic N) is 3. The molecule has 1 amide bonds. The van der Waals surface area contributed by atoms with Gasteiger partial charge < -0.3 is 10.6 Å². The number of likely N-dealkylation sites (tertiary alicyclic amines) is 1. The fourth-order valence-corrected chi connectivity index (χ4v) is 2.58. The Balaban J connectivity index is 2.10. The van der Waals surface area contributed by atoms with E-state index < -0.39 is 0 Å². The van der Waals surface area contributed by atoms with E-state index in [0.717, 1.165) is 25.8 Å². The number of aromatic nitrogens is 2. The molecule has 2 rings (SSSR count). The molecule has 2 atom stereocenters. The third-order valence-corrected chi connectivity index (χ3v) is 3.77. The summed E-state index contributed by atoms with van der Waals surface area (Å²) in [5.41, 5.74) is 6.40. The van der Waals surface area contributed by atoms with E-state index in [1.54, 1.807) is 12.3 Å². The smallest absolute Gasteiger partial charge is 0.255 e. The number of carbonyl (C=O) groups excluding carboxylic acids is 1. The van der Waals surface area contributed by atoms with Crippen molar-refractivity contribution in [3.63, 3.8) is 0 Å². The van der Waals surface area contributed by atoms with Crippen molar-refractivity contribution in [2.45, 2.75) is 32.2 Å². The molecule has 0 aliphatic carbocycles. The molecule has 1 aliphatic rings. The van der Waals surface area contributed by atoms with Crippen molar-refractivity contribution in [2.24, 2.45) is 11.7 Å². The van der Waals surface area contributed by atoms with Crippen LogP contribution in [0.2, 0.25) is 0 Å². The number of carbonyl (C=O) groups is 1. The van der Waals surface area contributed by atoms with Crippen LogP contribution in [-0.4, -0.2) is 40.1 Å². The molecule has 0 aromatic carbocycles. The van der Waals surface area contributed by atoms with Crippen LogP contribution in [0.15, 0.2) is 18.5 Å². The Hall–Kier alpha value is -1.49. The molecule has 2 unspecified atom stereocenters. The minimum absolute atomic E-state index is 0.0231. The van der Waals surface area contributed by atoms with Gasteiger partial charge in [-0.3, -0.25) is 4.79 Å². The summed E-state index contributed by atoms with van der Waals surface area (Å²) in [7, 11) is 0. The lowest BCUT2D eigenvalue weighted by molar-refractivity contribution is 0.0558. The second-order valence-corrected chi connectivity index (χ2v) is 4.82. The Morgan fingerprint density at radius 1 is 1.56 bits per heavy atom. The van der Waals surface area contributed by atoms with Crippen molar-refractivity contribution in [1.82, 2.24) is 15.1 Å². The second kappa shape index (κ2) is 5.91. The maximum Gasteiger partial charge on any atom is 0.255 e. The van der Waals surface area contributed by atoms with E-state index in [0.29, 0.717) is 18.0 Å². The van der Waals surface area contributed by atoms with Gasteiger partial charge in [-0.1, -0.05) is 13.3 Å². The average Bonchev–Trinajstić information content (AvgIpc) is 2.46. The summed E-state index contributed by atoms with van der Waals surface area (Å²) in [4.78, 5) is 14.3. The summed E-state index contributed by atoms with van der Waals surface area (Å²) in [6.07, 6.45) is 6.30. The van der Waals surface area contributed by atoms with Crippen LogP contribution in [0.4, 0.5) is 0 Å². The monoisotopic (exact) mass is 248 g/mol. The first kappa shape index (κ1) is 13.0. The van der Waals surface area contributed by atoms with Gasteiger partial charge in [-0.15, -0.1) is 0 Å². The van der Waals surface area contributed by atoms with Gasteiger partial charge in [-0.2, -0.15) is 10.2 Å². The average molecular weight is 248 g/mol. The van der Waals surface area contributed by atoms with Crippen molar-refractivity contribution >= 4 is 5.91 Å². The van der Waals surface area contributed by atoms with Gasteiger partial charge in [0.05, 0.1) is 18.0 Å². The highest BCUT2D eigenvalue weighted by Gasteiger charge is 2.30. The highest BCUT2D eigenvalue weighted by molar-refractivity contribution is 5.94. The Morgan fingerprint density at radius 2 is 2.39 bits per heavy atom. The van der Waals surface area contributed by atoms with Crippen LogP contribution in [0, 0.1) is 5.92 Å². The summed E-state index contributed by atoms with van der Waals surface area (Å²) in [5.74, 6) is 0.716. The molecule has 1 fully saturated rings. The Labute approximate surface area is 107 Å². The number of hydrogen-bond acceptors (Lipinski definition) is 4. The summed E-state index contributed by atoms with van der Waals surface area (Å²) < 4.78 is 0. The summed E-state index contributed by atoms with van der Waals surface area (Å²) in [6, 6.07) is 1.86. The maximum atomic E-state index is 12.4. The van der Waals surface area contributed by atoms with Crippen molar-refractivity contribution in [2.75, 3.05) is 13.1 Å². The molecule has 1 aromatic rings. The van der Waals surface area contributed by atoms with Crippen LogP contribution in [0.1, 0.15) is 36.5 Å². The first-order valence-corrected chi connectivity index (χ1v) is 6.54. The third-order valence-electron chi connectivity index (χ3n) is 3.77. The molecule has 0 bridgehead atoms. The molecular formula is C13H20N4O. The molecule has 1 aliphatic heterocycles. The highest BCUT2D eigenvalue weighted by atomic mass is 16.2. The first-order chi connectivity index (χ1) is 8.76. The fraction of sp³-hybridized carbons (Fsp3) is 0.615. The molecule has 18 heavy (non-hydrogen) atoms. The predicted molar refractivity (Wildman–Crippen MR) is 68.9 cm³/mol. The summed E-state index contributed by atoms with van der Waals surface area (Å²) in [6.45, 7) is 3.52. The Morgan fingerprint density at radius 3 is 3.00 bits per heavy atom. The SMILES string of the molecule is CCC1CCN(C(=O)c2ccnnc2)C(CN)C1. The van der Waals surface area contributed by atoms with E-state index in [9.17, 15) is 4.79 Å². The van der Waals surface area contributed by atoms with E-state index in [1.165, 1.54) is 6.20 Å². The first-order valence-electron chi connectivity index (χ1n) is 6.54.